The van der Waals surface area contributed by atoms with E-state index in [9.17, 15) is 14.4 Å². The molecular formula is C17H18N4O3. The van der Waals surface area contributed by atoms with Gasteiger partial charge in [-0.3, -0.25) is 19.9 Å². The molecule has 24 heavy (non-hydrogen) atoms. The molecule has 1 aliphatic heterocycles. The monoisotopic (exact) mass is 326 g/mol. The van der Waals surface area contributed by atoms with Gasteiger partial charge in [0.2, 0.25) is 5.91 Å². The van der Waals surface area contributed by atoms with Crippen LogP contribution in [0.2, 0.25) is 0 Å². The van der Waals surface area contributed by atoms with Gasteiger partial charge in [0.25, 0.3) is 5.91 Å². The minimum Gasteiger partial charge on any atom is -0.340 e. The van der Waals surface area contributed by atoms with E-state index >= 15 is 0 Å². The minimum absolute atomic E-state index is 0.0982. The molecule has 3 rings (SSSR count). The second-order valence-electron chi connectivity index (χ2n) is 5.80. The first-order chi connectivity index (χ1) is 11.5. The zero-order chi connectivity index (χ0) is 17.1. The Hall–Kier alpha value is -2.96. The molecule has 2 N–H and O–H groups in total. The van der Waals surface area contributed by atoms with Gasteiger partial charge in [0.15, 0.2) is 0 Å². The Labute approximate surface area is 139 Å². The van der Waals surface area contributed by atoms with Crippen LogP contribution in [0.3, 0.4) is 0 Å². The largest absolute Gasteiger partial charge is 0.340 e. The van der Waals surface area contributed by atoms with E-state index < -0.39 is 12.1 Å². The molecule has 7 heteroatoms. The number of fused-ring (bicyclic) bond motifs is 1. The van der Waals surface area contributed by atoms with E-state index in [0.29, 0.717) is 6.54 Å². The topological polar surface area (TPSA) is 91.4 Å². The van der Waals surface area contributed by atoms with Crippen molar-refractivity contribution in [2.24, 2.45) is 0 Å². The maximum Gasteiger partial charge on any atom is 0.322 e. The van der Waals surface area contributed by atoms with Crippen LogP contribution in [0.15, 0.2) is 36.4 Å². The summed E-state index contributed by atoms with van der Waals surface area (Å²) in [5, 5.41) is 5.69. The quantitative estimate of drug-likeness (QED) is 0.807. The highest BCUT2D eigenvalue weighted by Crippen LogP contribution is 2.13. The maximum absolute atomic E-state index is 12.2. The van der Waals surface area contributed by atoms with Gasteiger partial charge in [0.1, 0.15) is 6.04 Å². The number of hydrogen-bond donors (Lipinski definition) is 2. The molecule has 1 aliphatic rings. The summed E-state index contributed by atoms with van der Waals surface area (Å²) in [6.45, 7) is 0.396. The molecule has 1 fully saturated rings. The molecule has 1 aromatic heterocycles. The summed E-state index contributed by atoms with van der Waals surface area (Å²) in [4.78, 5) is 40.8. The number of nitrogens with one attached hydrogen (secondary N) is 2. The van der Waals surface area contributed by atoms with Gasteiger partial charge in [-0.25, -0.2) is 4.79 Å². The zero-order valence-electron chi connectivity index (χ0n) is 13.3. The Morgan fingerprint density at radius 3 is 2.75 bits per heavy atom. The Kier molecular flexibility index (Phi) is 4.41. The highest BCUT2D eigenvalue weighted by atomic mass is 16.2. The lowest BCUT2D eigenvalue weighted by atomic mass is 10.1. The van der Waals surface area contributed by atoms with E-state index in [0.717, 1.165) is 16.6 Å². The van der Waals surface area contributed by atoms with Crippen molar-refractivity contribution in [3.63, 3.8) is 0 Å². The van der Waals surface area contributed by atoms with Crippen LogP contribution < -0.4 is 10.6 Å². The first kappa shape index (κ1) is 15.9. The summed E-state index contributed by atoms with van der Waals surface area (Å²) < 4.78 is 0. The Morgan fingerprint density at radius 1 is 1.21 bits per heavy atom. The van der Waals surface area contributed by atoms with Crippen molar-refractivity contribution in [2.75, 3.05) is 7.05 Å². The first-order valence-electron chi connectivity index (χ1n) is 7.73. The van der Waals surface area contributed by atoms with Gasteiger partial charge in [-0.2, -0.15) is 0 Å². The number of carbonyl (C=O) groups is 3. The molecule has 0 saturated carbocycles. The molecule has 0 bridgehead atoms. The van der Waals surface area contributed by atoms with Crippen molar-refractivity contribution < 1.29 is 14.4 Å². The van der Waals surface area contributed by atoms with Crippen molar-refractivity contribution in [2.45, 2.75) is 25.4 Å². The molecule has 4 amide bonds. The van der Waals surface area contributed by atoms with E-state index in [1.54, 1.807) is 11.9 Å². The molecule has 2 aromatic rings. The average molecular weight is 326 g/mol. The Bertz CT molecular complexity index is 805. The summed E-state index contributed by atoms with van der Waals surface area (Å²) in [6, 6.07) is 10.5. The third-order valence-corrected chi connectivity index (χ3v) is 3.99. The molecular weight excluding hydrogens is 308 g/mol. The van der Waals surface area contributed by atoms with E-state index in [1.165, 1.54) is 0 Å². The number of urea groups is 1. The van der Waals surface area contributed by atoms with Crippen molar-refractivity contribution in [3.05, 3.63) is 42.1 Å². The number of hydrogen-bond acceptors (Lipinski definition) is 4. The van der Waals surface area contributed by atoms with E-state index in [1.807, 2.05) is 36.4 Å². The van der Waals surface area contributed by atoms with Crippen LogP contribution in [0.5, 0.6) is 0 Å². The molecule has 1 unspecified atom stereocenters. The summed E-state index contributed by atoms with van der Waals surface area (Å²) in [5.74, 6) is -0.481. The number of carbonyl (C=O) groups excluding carboxylic acids is 3. The highest BCUT2D eigenvalue weighted by molar-refractivity contribution is 6.04. The minimum atomic E-state index is -0.631. The summed E-state index contributed by atoms with van der Waals surface area (Å²) in [7, 11) is 1.70. The van der Waals surface area contributed by atoms with Crippen molar-refractivity contribution in [3.8, 4) is 0 Å². The second-order valence-corrected chi connectivity index (χ2v) is 5.80. The standard InChI is InChI=1S/C17H18N4O3/c1-21(15(22)9-8-14-16(23)20-17(24)19-14)10-12-7-6-11-4-2-3-5-13(11)18-12/h2-7,14H,8-10H2,1H3,(H2,19,20,23,24). The van der Waals surface area contributed by atoms with Crippen LogP contribution >= 0.6 is 0 Å². The number of aromatic nitrogens is 1. The maximum atomic E-state index is 12.2. The lowest BCUT2D eigenvalue weighted by Crippen LogP contribution is -2.32. The molecule has 1 aromatic carbocycles. The highest BCUT2D eigenvalue weighted by Gasteiger charge is 2.29. The third-order valence-electron chi connectivity index (χ3n) is 3.99. The van der Waals surface area contributed by atoms with Gasteiger partial charge in [-0.1, -0.05) is 24.3 Å². The van der Waals surface area contributed by atoms with Crippen molar-refractivity contribution in [1.29, 1.82) is 0 Å². The number of imide groups is 1. The summed E-state index contributed by atoms with van der Waals surface area (Å²) in [5.41, 5.74) is 1.69. The van der Waals surface area contributed by atoms with E-state index in [2.05, 4.69) is 15.6 Å². The van der Waals surface area contributed by atoms with Crippen LogP contribution in [-0.4, -0.2) is 40.8 Å². The van der Waals surface area contributed by atoms with Crippen molar-refractivity contribution in [1.82, 2.24) is 20.5 Å². The van der Waals surface area contributed by atoms with E-state index in [-0.39, 0.29) is 24.7 Å². The Balaban J connectivity index is 1.57. The van der Waals surface area contributed by atoms with Crippen LogP contribution in [0.1, 0.15) is 18.5 Å². The summed E-state index contributed by atoms with van der Waals surface area (Å²) >= 11 is 0. The normalized spacial score (nSPS) is 16.8. The molecule has 7 nitrogen and oxygen atoms in total. The average Bonchev–Trinajstić information content (AvgIpc) is 2.90. The van der Waals surface area contributed by atoms with E-state index in [4.69, 9.17) is 0 Å². The van der Waals surface area contributed by atoms with Crippen molar-refractivity contribution >= 4 is 28.7 Å². The number of amides is 4. The fourth-order valence-electron chi connectivity index (χ4n) is 2.65. The molecule has 0 aliphatic carbocycles. The van der Waals surface area contributed by atoms with Gasteiger partial charge in [0.05, 0.1) is 17.8 Å². The van der Waals surface area contributed by atoms with Crippen LogP contribution in [0.25, 0.3) is 10.9 Å². The fraction of sp³-hybridized carbons (Fsp3) is 0.294. The zero-order valence-corrected chi connectivity index (χ0v) is 13.3. The SMILES string of the molecule is CN(Cc1ccc2ccccc2n1)C(=O)CCC1NC(=O)NC1=O. The number of para-hydroxylation sites is 1. The predicted octanol–water partition coefficient (Wildman–Crippen LogP) is 1.18. The molecule has 2 heterocycles. The van der Waals surface area contributed by atoms with Crippen LogP contribution in [-0.2, 0) is 16.1 Å². The van der Waals surface area contributed by atoms with Gasteiger partial charge in [0, 0.05) is 18.9 Å². The number of nitrogens with zero attached hydrogens (tertiary/aromatic N) is 2. The molecule has 124 valence electrons. The molecule has 0 radical (unpaired) electrons. The van der Waals surface area contributed by atoms with Gasteiger partial charge in [-0.15, -0.1) is 0 Å². The summed E-state index contributed by atoms with van der Waals surface area (Å²) in [6.07, 6.45) is 0.467. The lowest BCUT2D eigenvalue weighted by Gasteiger charge is -2.17. The number of pyridine rings is 1. The number of benzene rings is 1. The first-order valence-corrected chi connectivity index (χ1v) is 7.73. The molecule has 1 saturated heterocycles. The molecule has 1 atom stereocenters. The van der Waals surface area contributed by atoms with Crippen LogP contribution in [0, 0.1) is 0 Å². The van der Waals surface area contributed by atoms with Gasteiger partial charge in [-0.05, 0) is 18.6 Å². The van der Waals surface area contributed by atoms with Gasteiger partial charge < -0.3 is 10.2 Å². The van der Waals surface area contributed by atoms with Gasteiger partial charge >= 0.3 is 6.03 Å². The predicted molar refractivity (Wildman–Crippen MR) is 87.9 cm³/mol. The smallest absolute Gasteiger partial charge is 0.322 e. The third kappa shape index (κ3) is 3.51. The Morgan fingerprint density at radius 2 is 2.00 bits per heavy atom. The van der Waals surface area contributed by atoms with Crippen LogP contribution in [0.4, 0.5) is 4.79 Å². The lowest BCUT2D eigenvalue weighted by molar-refractivity contribution is -0.130. The molecule has 0 spiro atoms. The second kappa shape index (κ2) is 6.66. The fourth-order valence-corrected chi connectivity index (χ4v) is 2.65. The number of rotatable bonds is 5.